The first-order valence-corrected chi connectivity index (χ1v) is 9.74. The topological polar surface area (TPSA) is 80.5 Å². The number of aromatic nitrogens is 2. The number of ether oxygens (including phenoxy) is 1. The Morgan fingerprint density at radius 1 is 1.29 bits per heavy atom. The molecule has 3 aromatic rings. The number of likely N-dealkylation sites (tertiary alicyclic amines) is 1. The van der Waals surface area contributed by atoms with Gasteiger partial charge in [0.1, 0.15) is 11.8 Å². The number of rotatable bonds is 4. The summed E-state index contributed by atoms with van der Waals surface area (Å²) < 4.78 is 11.7. The summed E-state index contributed by atoms with van der Waals surface area (Å²) in [6.07, 6.45) is 1.67. The molecule has 28 heavy (non-hydrogen) atoms. The normalized spacial score (nSPS) is 16.2. The monoisotopic (exact) mass is 442 g/mol. The molecule has 0 spiro atoms. The van der Waals surface area contributed by atoms with Crippen LogP contribution in [0.2, 0.25) is 0 Å². The molecule has 8 heteroatoms. The zero-order valence-corrected chi connectivity index (χ0v) is 16.8. The van der Waals surface area contributed by atoms with Gasteiger partial charge in [0.15, 0.2) is 0 Å². The van der Waals surface area contributed by atoms with Crippen molar-refractivity contribution >= 4 is 27.6 Å². The molecule has 1 fully saturated rings. The molecule has 4 rings (SSSR count). The Balaban J connectivity index is 1.51. The Kier molecular flexibility index (Phi) is 5.29. The average molecular weight is 443 g/mol. The predicted molar refractivity (Wildman–Crippen MR) is 108 cm³/mol. The minimum Gasteiger partial charge on any atom is -0.497 e. The molecule has 144 valence electrons. The van der Waals surface area contributed by atoms with E-state index in [0.29, 0.717) is 18.3 Å². The van der Waals surface area contributed by atoms with Crippen LogP contribution in [0.4, 0.5) is 10.5 Å². The zero-order chi connectivity index (χ0) is 19.5. The van der Waals surface area contributed by atoms with Crippen LogP contribution in [-0.2, 0) is 0 Å². The SMILES string of the molecule is COc1cccc(-c2noc(C3CCCN3C(=O)Nc3ccc(Br)cc3)n2)c1. The van der Waals surface area contributed by atoms with Crippen molar-refractivity contribution in [3.8, 4) is 17.1 Å². The summed E-state index contributed by atoms with van der Waals surface area (Å²) in [5.74, 6) is 1.65. The molecular weight excluding hydrogens is 424 g/mol. The number of carbonyl (C=O) groups is 1. The van der Waals surface area contributed by atoms with Crippen LogP contribution in [0.3, 0.4) is 0 Å². The number of nitrogens with zero attached hydrogens (tertiary/aromatic N) is 3. The third kappa shape index (κ3) is 3.87. The second-order valence-corrected chi connectivity index (χ2v) is 7.39. The molecule has 1 aromatic heterocycles. The van der Waals surface area contributed by atoms with Crippen LogP contribution < -0.4 is 10.1 Å². The predicted octanol–water partition coefficient (Wildman–Crippen LogP) is 4.88. The fraction of sp³-hybridized carbons (Fsp3) is 0.250. The minimum atomic E-state index is -0.234. The number of anilines is 1. The molecule has 2 amide bonds. The van der Waals surface area contributed by atoms with E-state index >= 15 is 0 Å². The maximum atomic E-state index is 12.7. The standard InChI is InChI=1S/C20H19BrN4O3/c1-27-16-5-2-4-13(12-16)18-23-19(28-24-18)17-6-3-11-25(17)20(26)22-15-9-7-14(21)8-10-15/h2,4-5,7-10,12,17H,3,6,11H2,1H3,(H,22,26). The van der Waals surface area contributed by atoms with E-state index in [9.17, 15) is 4.79 Å². The molecule has 1 aliphatic heterocycles. The van der Waals surface area contributed by atoms with Gasteiger partial charge < -0.3 is 19.5 Å². The van der Waals surface area contributed by atoms with Crippen molar-refractivity contribution in [2.75, 3.05) is 19.0 Å². The van der Waals surface area contributed by atoms with Crippen molar-refractivity contribution in [3.05, 3.63) is 58.9 Å². The zero-order valence-electron chi connectivity index (χ0n) is 15.3. The lowest BCUT2D eigenvalue weighted by Gasteiger charge is -2.22. The maximum absolute atomic E-state index is 12.7. The Morgan fingerprint density at radius 3 is 2.89 bits per heavy atom. The minimum absolute atomic E-state index is 0.175. The molecule has 0 bridgehead atoms. The first-order valence-electron chi connectivity index (χ1n) is 8.95. The van der Waals surface area contributed by atoms with Crippen molar-refractivity contribution in [1.82, 2.24) is 15.0 Å². The van der Waals surface area contributed by atoms with Crippen molar-refractivity contribution in [2.45, 2.75) is 18.9 Å². The van der Waals surface area contributed by atoms with Crippen molar-refractivity contribution in [2.24, 2.45) is 0 Å². The number of amides is 2. The summed E-state index contributed by atoms with van der Waals surface area (Å²) in [4.78, 5) is 19.0. The van der Waals surface area contributed by atoms with Gasteiger partial charge in [-0.2, -0.15) is 4.98 Å². The summed E-state index contributed by atoms with van der Waals surface area (Å²) in [7, 11) is 1.61. The highest BCUT2D eigenvalue weighted by atomic mass is 79.9. The number of hydrogen-bond acceptors (Lipinski definition) is 5. The lowest BCUT2D eigenvalue weighted by atomic mass is 10.2. The highest BCUT2D eigenvalue weighted by Crippen LogP contribution is 2.33. The van der Waals surface area contributed by atoms with Crippen LogP contribution >= 0.6 is 15.9 Å². The molecule has 0 saturated carbocycles. The number of benzene rings is 2. The average Bonchev–Trinajstić information content (AvgIpc) is 3.39. The van der Waals surface area contributed by atoms with Crippen LogP contribution in [0.15, 0.2) is 57.5 Å². The summed E-state index contributed by atoms with van der Waals surface area (Å²) in [6, 6.07) is 14.5. The van der Waals surface area contributed by atoms with Gasteiger partial charge in [0.05, 0.1) is 7.11 Å². The van der Waals surface area contributed by atoms with E-state index in [0.717, 1.165) is 34.3 Å². The van der Waals surface area contributed by atoms with Crippen LogP contribution in [0.5, 0.6) is 5.75 Å². The van der Waals surface area contributed by atoms with Crippen LogP contribution in [0.25, 0.3) is 11.4 Å². The summed E-state index contributed by atoms with van der Waals surface area (Å²) in [6.45, 7) is 0.643. The number of nitrogens with one attached hydrogen (secondary N) is 1. The van der Waals surface area contributed by atoms with E-state index in [1.54, 1.807) is 12.0 Å². The van der Waals surface area contributed by atoms with Gasteiger partial charge >= 0.3 is 6.03 Å². The van der Waals surface area contributed by atoms with Gasteiger partial charge in [-0.25, -0.2) is 4.79 Å². The van der Waals surface area contributed by atoms with E-state index in [4.69, 9.17) is 9.26 Å². The number of methoxy groups -OCH3 is 1. The molecule has 1 unspecified atom stereocenters. The fourth-order valence-electron chi connectivity index (χ4n) is 3.24. The van der Waals surface area contributed by atoms with Gasteiger partial charge in [0.25, 0.3) is 0 Å². The molecule has 0 radical (unpaired) electrons. The van der Waals surface area contributed by atoms with Gasteiger partial charge in [-0.05, 0) is 49.2 Å². The molecule has 7 nitrogen and oxygen atoms in total. The Bertz CT molecular complexity index is 974. The third-order valence-corrected chi connectivity index (χ3v) is 5.19. The first-order chi connectivity index (χ1) is 13.6. The molecule has 1 aliphatic rings. The van der Waals surface area contributed by atoms with Gasteiger partial charge in [-0.1, -0.05) is 33.2 Å². The summed E-state index contributed by atoms with van der Waals surface area (Å²) >= 11 is 3.39. The second kappa shape index (κ2) is 8.02. The van der Waals surface area contributed by atoms with E-state index in [2.05, 4.69) is 31.4 Å². The van der Waals surface area contributed by atoms with Gasteiger partial charge in [-0.3, -0.25) is 0 Å². The van der Waals surface area contributed by atoms with Crippen molar-refractivity contribution in [3.63, 3.8) is 0 Å². The van der Waals surface area contributed by atoms with Gasteiger partial charge in [0.2, 0.25) is 11.7 Å². The number of urea groups is 1. The third-order valence-electron chi connectivity index (χ3n) is 4.66. The molecular formula is C20H19BrN4O3. The van der Waals surface area contributed by atoms with Gasteiger partial charge in [0, 0.05) is 22.3 Å². The summed E-state index contributed by atoms with van der Waals surface area (Å²) in [5.41, 5.74) is 1.54. The van der Waals surface area contributed by atoms with E-state index in [1.807, 2.05) is 48.5 Å². The van der Waals surface area contributed by atoms with Crippen molar-refractivity contribution < 1.29 is 14.1 Å². The molecule has 1 saturated heterocycles. The Labute approximate surface area is 170 Å². The second-order valence-electron chi connectivity index (χ2n) is 6.48. The fourth-order valence-corrected chi connectivity index (χ4v) is 3.51. The number of halogens is 1. The smallest absolute Gasteiger partial charge is 0.322 e. The highest BCUT2D eigenvalue weighted by molar-refractivity contribution is 9.10. The lowest BCUT2D eigenvalue weighted by molar-refractivity contribution is 0.193. The van der Waals surface area contributed by atoms with E-state index in [1.165, 1.54) is 0 Å². The molecule has 0 aliphatic carbocycles. The summed E-state index contributed by atoms with van der Waals surface area (Å²) in [5, 5.41) is 7.01. The molecule has 1 N–H and O–H groups in total. The quantitative estimate of drug-likeness (QED) is 0.622. The van der Waals surface area contributed by atoms with Crippen molar-refractivity contribution in [1.29, 1.82) is 0 Å². The number of carbonyl (C=O) groups excluding carboxylic acids is 1. The van der Waals surface area contributed by atoms with Gasteiger partial charge in [-0.15, -0.1) is 0 Å². The highest BCUT2D eigenvalue weighted by Gasteiger charge is 2.34. The largest absolute Gasteiger partial charge is 0.497 e. The lowest BCUT2D eigenvalue weighted by Crippen LogP contribution is -2.34. The number of hydrogen-bond donors (Lipinski definition) is 1. The molecule has 2 heterocycles. The molecule has 2 aromatic carbocycles. The van der Waals surface area contributed by atoms with Crippen LogP contribution in [-0.4, -0.2) is 34.7 Å². The van der Waals surface area contributed by atoms with E-state index < -0.39 is 0 Å². The Hall–Kier alpha value is -2.87. The van der Waals surface area contributed by atoms with Crippen LogP contribution in [0, 0.1) is 0 Å². The maximum Gasteiger partial charge on any atom is 0.322 e. The first kappa shape index (κ1) is 18.5. The van der Waals surface area contributed by atoms with Crippen LogP contribution in [0.1, 0.15) is 24.8 Å². The van der Waals surface area contributed by atoms with E-state index in [-0.39, 0.29) is 12.1 Å². The Morgan fingerprint density at radius 2 is 2.11 bits per heavy atom. The molecule has 1 atom stereocenters.